The van der Waals surface area contributed by atoms with Crippen LogP contribution in [0.3, 0.4) is 0 Å². The third kappa shape index (κ3) is 102. The third-order valence-corrected chi connectivity index (χ3v) is 52.0. The Morgan fingerprint density at radius 1 is 0.116 bits per heavy atom. The number of rotatable bonds is 95. The Morgan fingerprint density at radius 3 is 0.363 bits per heavy atom. The van der Waals surface area contributed by atoms with Crippen molar-refractivity contribution in [3.05, 3.63) is 0 Å². The topological polar surface area (TPSA) is 277 Å². The fourth-order valence-corrected chi connectivity index (χ4v) is 35.2. The molecular weight excluding hydrogens is 2030 g/mol. The van der Waals surface area contributed by atoms with E-state index in [0.717, 1.165) is 80.5 Å². The average Bonchev–Trinajstić information content (AvgIpc) is 0.923. The van der Waals surface area contributed by atoms with Crippen LogP contribution >= 0.6 is 0 Å². The molecule has 0 aromatic rings. The van der Waals surface area contributed by atoms with Crippen molar-refractivity contribution in [2.24, 2.45) is 0 Å². The van der Waals surface area contributed by atoms with Crippen molar-refractivity contribution in [1.29, 1.82) is 0 Å². The maximum Gasteiger partial charge on any atom is 0.500 e. The zero-order valence-corrected chi connectivity index (χ0v) is 113. The molecule has 146 heavy (non-hydrogen) atoms. The molecule has 0 rings (SSSR count). The molecule has 0 amide bonds. The fraction of sp³-hybridized carbons (Fsp3) is 1.00. The van der Waals surface area contributed by atoms with Crippen molar-refractivity contribution in [2.45, 2.75) is 499 Å². The van der Waals surface area contributed by atoms with Crippen molar-refractivity contribution in [2.75, 3.05) is 205 Å². The quantitative estimate of drug-likeness (QED) is 0.0404. The molecule has 0 aliphatic heterocycles. The Morgan fingerprint density at radius 2 is 0.240 bits per heavy atom. The Bertz CT molecular complexity index is 2250. The molecule has 40 heteroatoms. The second-order valence-electron chi connectivity index (χ2n) is 34.4. The van der Waals surface area contributed by atoms with Crippen molar-refractivity contribution >= 4 is 88.0 Å². The van der Waals surface area contributed by atoms with Gasteiger partial charge in [0.2, 0.25) is 0 Å². The molecule has 0 saturated carbocycles. The lowest BCUT2D eigenvalue weighted by Crippen LogP contribution is -2.45. The van der Waals surface area contributed by atoms with E-state index < -0.39 is 88.0 Å². The highest BCUT2D eigenvalue weighted by molar-refractivity contribution is 6.63. The van der Waals surface area contributed by atoms with E-state index in [-0.39, 0.29) is 7.43 Å². The minimum atomic E-state index is -2.39. The summed E-state index contributed by atoms with van der Waals surface area (Å²) in [6, 6.07) is 7.38. The predicted molar refractivity (Wildman–Crippen MR) is 633 cm³/mol. The number of hydrogen-bond acceptors (Lipinski definition) is 30. The summed E-state index contributed by atoms with van der Waals surface area (Å²) in [6.45, 7) is 66.6. The second kappa shape index (κ2) is 126. The van der Waals surface area contributed by atoms with Crippen LogP contribution in [0.1, 0.15) is 437 Å². The van der Waals surface area contributed by atoms with Crippen LogP contribution in [0.4, 0.5) is 0 Å². The van der Waals surface area contributed by atoms with Gasteiger partial charge in [0.05, 0.1) is 0 Å². The van der Waals surface area contributed by atoms with Gasteiger partial charge in [0.15, 0.2) is 0 Å². The average molecular weight is 2290 g/mol. The van der Waals surface area contributed by atoms with Gasteiger partial charge in [0.25, 0.3) is 0 Å². The first-order valence-corrected chi connectivity index (χ1v) is 77.7. The number of unbranched alkanes of at least 4 members (excludes halogenated alkanes) is 34. The molecule has 0 aliphatic rings. The molecule has 0 aromatic carbocycles. The first-order valence-electron chi connectivity index (χ1n) is 57.8. The molecule has 0 fully saturated rings. The van der Waals surface area contributed by atoms with Gasteiger partial charge in [-0.15, -0.1) is 0 Å². The summed E-state index contributed by atoms with van der Waals surface area (Å²) in [7, 11) is -1.49. The van der Waals surface area contributed by atoms with Crippen LogP contribution in [-0.2, 0) is 133 Å². The van der Waals surface area contributed by atoms with Crippen LogP contribution in [0.25, 0.3) is 0 Å². The molecule has 0 aromatic heterocycles. The summed E-state index contributed by atoms with van der Waals surface area (Å²) in [5.74, 6) is 0. The fourth-order valence-electron chi connectivity index (χ4n) is 15.3. The molecule has 898 valence electrons. The summed E-state index contributed by atoms with van der Waals surface area (Å²) in [5.41, 5.74) is 0. The van der Waals surface area contributed by atoms with Gasteiger partial charge in [0.1, 0.15) is 0 Å². The van der Waals surface area contributed by atoms with E-state index in [1.54, 1.807) is 92.4 Å². The highest BCUT2D eigenvalue weighted by Crippen LogP contribution is 2.28. The summed E-state index contributed by atoms with van der Waals surface area (Å²) in [5, 5.41) is 0. The highest BCUT2D eigenvalue weighted by Gasteiger charge is 2.45. The van der Waals surface area contributed by atoms with Crippen LogP contribution < -0.4 is 0 Å². The minimum absolute atomic E-state index is 0. The van der Waals surface area contributed by atoms with Gasteiger partial charge in [-0.05, 0) is 156 Å². The molecule has 0 spiro atoms. The third-order valence-electron chi connectivity index (χ3n) is 23.4. The zero-order valence-electron chi connectivity index (χ0n) is 103. The molecule has 0 radical (unpaired) electrons. The molecule has 0 aliphatic carbocycles. The first-order chi connectivity index (χ1) is 69.8. The monoisotopic (exact) mass is 2290 g/mol. The smallest absolute Gasteiger partial charge is 0.377 e. The van der Waals surface area contributed by atoms with Crippen molar-refractivity contribution < 1.29 is 133 Å². The molecule has 0 unspecified atom stereocenters. The van der Waals surface area contributed by atoms with E-state index in [1.165, 1.54) is 225 Å². The molecule has 0 N–H and O–H groups in total. The van der Waals surface area contributed by atoms with Gasteiger partial charge in [-0.3, -0.25) is 0 Å². The number of hydrogen-bond donors (Lipinski definition) is 0. The molecule has 0 atom stereocenters. The normalized spacial score (nSPS) is 11.9. The maximum absolute atomic E-state index is 5.89. The van der Waals surface area contributed by atoms with E-state index in [2.05, 4.69) is 41.5 Å². The van der Waals surface area contributed by atoms with Gasteiger partial charge in [0, 0.05) is 266 Å². The Hall–Kier alpha value is 0.969. The van der Waals surface area contributed by atoms with Gasteiger partial charge in [-0.25, -0.2) is 0 Å². The zero-order chi connectivity index (χ0) is 112. The van der Waals surface area contributed by atoms with Gasteiger partial charge in [-0.1, -0.05) is 281 Å². The first kappa shape index (κ1) is 169. The Kier molecular flexibility index (Phi) is 146. The summed E-state index contributed by atoms with van der Waals surface area (Å²) < 4.78 is 165. The van der Waals surface area contributed by atoms with Gasteiger partial charge < -0.3 is 133 Å². The van der Waals surface area contributed by atoms with E-state index in [9.17, 15) is 0 Å². The summed E-state index contributed by atoms with van der Waals surface area (Å²) >= 11 is 0. The molecular formula is C106H254O30Si10. The molecule has 0 saturated heterocycles. The van der Waals surface area contributed by atoms with Crippen molar-refractivity contribution in [3.63, 3.8) is 0 Å². The SMILES string of the molecule is C.CCCCCCCCCCCC[Si](OC)(OC)OCC.CCCCCCCCCCCC[Si](OCC)(OCC)OCC.CCCCCCCC[Si](OC)(OC)OCC.CCCCCCCC[Si](OCC)(OCC)OCC.CCCCCC[Si](OC)(OC)OC.CCCCCC[Si](OCC)(OCC)OCC.CCO[Si](C)(OCC)OCC.CCO[Si](CC)(OCC)OCC.CC[Si](OC)(OC)OC.CO[Si](C)(OC)OC. The van der Waals surface area contributed by atoms with Crippen LogP contribution in [0.5, 0.6) is 0 Å². The summed E-state index contributed by atoms with van der Waals surface area (Å²) in [4.78, 5) is 0. The van der Waals surface area contributed by atoms with Gasteiger partial charge in [-0.2, -0.15) is 0 Å². The lowest BCUT2D eigenvalue weighted by molar-refractivity contribution is 0.0698. The lowest BCUT2D eigenvalue weighted by atomic mass is 10.1. The standard InChI is InChI=1S/C18H40O3Si.C16H36O3Si.C14H32O3Si.2C12H28O3Si.C9H22O3Si.C8H20O3Si.C7H18O3Si.C5H14O3Si.C4H12O3Si.CH4/c1-5-9-10-11-12-13-14-15-16-17-18-22(19-6-2,20-7-3)21-8-4;1-5-7-8-9-10-11-12-13-14-15-16-20(17-3,18-4)19-6-2;1-5-9-10-11-12-13-14-18(15-6-2,16-7-3)17-8-4;1-5-7-8-9-10-11-12-16(13-3,14-4)15-6-2;1-5-9-10-11-12-16(13-6-2,14-7-3)15-8-4;1-5-6-7-8-9-13(10-2,11-3)12-4;1-5-9-12(8-4,10-6-2)11-7-3;1-5-8-11(4,9-6-2)10-7-3;1-5-9(6-2,7-3)8-4;1-5-8(4,6-2)7-3;/h5-18H2,1-4H3;5-16H2,1-4H3;5-14H2,1-4H3;2*5-12H2,1-4H3;5-9H2,1-4H3;5-8H2,1-4H3;5-7H2,1-4H3;5H2,1-4H3;1-4H3;1H4. The van der Waals surface area contributed by atoms with Crippen molar-refractivity contribution in [1.82, 2.24) is 0 Å². The van der Waals surface area contributed by atoms with Gasteiger partial charge >= 0.3 is 88.0 Å². The largest absolute Gasteiger partial charge is 0.500 e. The van der Waals surface area contributed by atoms with Crippen LogP contribution in [0.15, 0.2) is 0 Å². The second-order valence-corrected chi connectivity index (χ2v) is 63.4. The summed E-state index contributed by atoms with van der Waals surface area (Å²) in [6.07, 6.45) is 52.4. The Labute approximate surface area is 918 Å². The Balaban J connectivity index is -0.000000156. The van der Waals surface area contributed by atoms with Crippen LogP contribution in [-0.4, -0.2) is 293 Å². The minimum Gasteiger partial charge on any atom is -0.377 e. The van der Waals surface area contributed by atoms with E-state index in [4.69, 9.17) is 133 Å². The predicted octanol–water partition coefficient (Wildman–Crippen LogP) is 30.9. The maximum atomic E-state index is 5.89. The molecule has 30 nitrogen and oxygen atoms in total. The van der Waals surface area contributed by atoms with E-state index in [1.807, 2.05) is 145 Å². The van der Waals surface area contributed by atoms with E-state index >= 15 is 0 Å². The van der Waals surface area contributed by atoms with Crippen molar-refractivity contribution in [3.8, 4) is 0 Å². The lowest BCUT2D eigenvalue weighted by Gasteiger charge is -2.28. The highest BCUT2D eigenvalue weighted by atomic mass is 28.4. The molecule has 0 heterocycles. The molecule has 0 bridgehead atoms. The van der Waals surface area contributed by atoms with E-state index in [0.29, 0.717) is 112 Å². The van der Waals surface area contributed by atoms with Crippen LogP contribution in [0.2, 0.25) is 61.4 Å². The van der Waals surface area contributed by atoms with Crippen LogP contribution in [0, 0.1) is 0 Å².